The lowest BCUT2D eigenvalue weighted by Gasteiger charge is -2.12. The zero-order valence-corrected chi connectivity index (χ0v) is 14.2. The number of methoxy groups -OCH3 is 1. The van der Waals surface area contributed by atoms with E-state index in [2.05, 4.69) is 26.6 Å². The van der Waals surface area contributed by atoms with Gasteiger partial charge in [-0.3, -0.25) is 9.59 Å². The summed E-state index contributed by atoms with van der Waals surface area (Å²) in [4.78, 5) is 23.7. The molecular formula is C16H21BrN2O3. The molecule has 6 heteroatoms. The molecule has 1 aromatic rings. The maximum absolute atomic E-state index is 11.9. The van der Waals surface area contributed by atoms with Crippen molar-refractivity contribution in [2.45, 2.75) is 32.2 Å². The number of carbonyl (C=O) groups is 2. The lowest BCUT2D eigenvalue weighted by atomic mass is 10.1. The number of hydrogen-bond acceptors (Lipinski definition) is 3. The Bertz CT molecular complexity index is 542. The first-order valence-electron chi connectivity index (χ1n) is 7.47. The maximum Gasteiger partial charge on any atom is 0.239 e. The smallest absolute Gasteiger partial charge is 0.239 e. The number of carbonyl (C=O) groups excluding carboxylic acids is 2. The molecule has 0 heterocycles. The van der Waals surface area contributed by atoms with Crippen LogP contribution in [0.4, 0.5) is 0 Å². The second-order valence-corrected chi connectivity index (χ2v) is 6.35. The molecule has 0 bridgehead atoms. The van der Waals surface area contributed by atoms with Crippen LogP contribution in [0.1, 0.15) is 31.2 Å². The maximum atomic E-state index is 11.9. The topological polar surface area (TPSA) is 67.4 Å². The quantitative estimate of drug-likeness (QED) is 0.809. The summed E-state index contributed by atoms with van der Waals surface area (Å²) in [6.45, 7) is 0.381. The average Bonchev–Trinajstić information content (AvgIpc) is 3.05. The van der Waals surface area contributed by atoms with Crippen molar-refractivity contribution in [3.8, 4) is 5.75 Å². The van der Waals surface area contributed by atoms with Crippen LogP contribution in [0.5, 0.6) is 5.75 Å². The molecule has 0 spiro atoms. The molecule has 0 atom stereocenters. The SMILES string of the molecule is COc1ccc(Br)cc1CNC(=O)CNC(=O)C1CCCC1. The van der Waals surface area contributed by atoms with Crippen LogP contribution >= 0.6 is 15.9 Å². The fraction of sp³-hybridized carbons (Fsp3) is 0.500. The molecule has 1 fully saturated rings. The van der Waals surface area contributed by atoms with Gasteiger partial charge in [0.15, 0.2) is 0 Å². The molecule has 1 aliphatic carbocycles. The highest BCUT2D eigenvalue weighted by Gasteiger charge is 2.22. The highest BCUT2D eigenvalue weighted by molar-refractivity contribution is 9.10. The normalized spacial score (nSPS) is 14.6. The van der Waals surface area contributed by atoms with Gasteiger partial charge in [-0.15, -0.1) is 0 Å². The van der Waals surface area contributed by atoms with Crippen LogP contribution in [0.2, 0.25) is 0 Å². The lowest BCUT2D eigenvalue weighted by molar-refractivity contribution is -0.128. The molecule has 2 rings (SSSR count). The number of rotatable bonds is 6. The van der Waals surface area contributed by atoms with Crippen molar-refractivity contribution < 1.29 is 14.3 Å². The van der Waals surface area contributed by atoms with E-state index < -0.39 is 0 Å². The third-order valence-electron chi connectivity index (χ3n) is 3.87. The van der Waals surface area contributed by atoms with E-state index in [0.717, 1.165) is 41.5 Å². The predicted octanol–water partition coefficient (Wildman–Crippen LogP) is 2.38. The van der Waals surface area contributed by atoms with Gasteiger partial charge in [0.25, 0.3) is 0 Å². The standard InChI is InChI=1S/C16H21BrN2O3/c1-22-14-7-6-13(17)8-12(14)9-18-15(20)10-19-16(21)11-4-2-3-5-11/h6-8,11H,2-5,9-10H2,1H3,(H,18,20)(H,19,21). The Kier molecular flexibility index (Phi) is 6.24. The molecule has 120 valence electrons. The molecule has 2 amide bonds. The number of ether oxygens (including phenoxy) is 1. The summed E-state index contributed by atoms with van der Waals surface area (Å²) in [6.07, 6.45) is 4.07. The number of halogens is 1. The van der Waals surface area contributed by atoms with Gasteiger partial charge in [-0.25, -0.2) is 0 Å². The third kappa shape index (κ3) is 4.73. The van der Waals surface area contributed by atoms with Crippen molar-refractivity contribution >= 4 is 27.7 Å². The van der Waals surface area contributed by atoms with E-state index in [1.54, 1.807) is 7.11 Å². The monoisotopic (exact) mass is 368 g/mol. The Morgan fingerprint density at radius 2 is 2.00 bits per heavy atom. The summed E-state index contributed by atoms with van der Waals surface area (Å²) in [7, 11) is 1.59. The van der Waals surface area contributed by atoms with Gasteiger partial charge in [0, 0.05) is 22.5 Å². The van der Waals surface area contributed by atoms with Crippen molar-refractivity contribution in [1.29, 1.82) is 0 Å². The molecule has 2 N–H and O–H groups in total. The van der Waals surface area contributed by atoms with Crippen LogP contribution < -0.4 is 15.4 Å². The van der Waals surface area contributed by atoms with Gasteiger partial charge in [-0.2, -0.15) is 0 Å². The van der Waals surface area contributed by atoms with Crippen LogP contribution in [0.25, 0.3) is 0 Å². The van der Waals surface area contributed by atoms with Gasteiger partial charge in [0.05, 0.1) is 13.7 Å². The van der Waals surface area contributed by atoms with Gasteiger partial charge < -0.3 is 15.4 Å². The second kappa shape index (κ2) is 8.17. The molecule has 0 unspecified atom stereocenters. The van der Waals surface area contributed by atoms with Crippen LogP contribution in [-0.4, -0.2) is 25.5 Å². The van der Waals surface area contributed by atoms with E-state index in [9.17, 15) is 9.59 Å². The lowest BCUT2D eigenvalue weighted by Crippen LogP contribution is -2.38. The minimum absolute atomic E-state index is 0.00677. The number of hydrogen-bond donors (Lipinski definition) is 2. The molecule has 1 aliphatic rings. The van der Waals surface area contributed by atoms with E-state index >= 15 is 0 Å². The molecule has 1 aromatic carbocycles. The Morgan fingerprint density at radius 1 is 1.27 bits per heavy atom. The summed E-state index contributed by atoms with van der Waals surface area (Å²) >= 11 is 3.39. The molecule has 0 saturated heterocycles. The number of amides is 2. The average molecular weight is 369 g/mol. The third-order valence-corrected chi connectivity index (χ3v) is 4.36. The van der Waals surface area contributed by atoms with Crippen LogP contribution in [-0.2, 0) is 16.1 Å². The second-order valence-electron chi connectivity index (χ2n) is 5.43. The van der Waals surface area contributed by atoms with Crippen molar-refractivity contribution in [2.24, 2.45) is 5.92 Å². The molecule has 5 nitrogen and oxygen atoms in total. The zero-order chi connectivity index (χ0) is 15.9. The summed E-state index contributed by atoms with van der Waals surface area (Å²) in [5.41, 5.74) is 0.882. The van der Waals surface area contributed by atoms with E-state index in [4.69, 9.17) is 4.74 Å². The minimum atomic E-state index is -0.201. The molecule has 0 radical (unpaired) electrons. The van der Waals surface area contributed by atoms with Crippen LogP contribution in [0.3, 0.4) is 0 Å². The summed E-state index contributed by atoms with van der Waals surface area (Å²) in [5, 5.41) is 5.50. The summed E-state index contributed by atoms with van der Waals surface area (Å²) in [5.74, 6) is 0.595. The highest BCUT2D eigenvalue weighted by Crippen LogP contribution is 2.24. The zero-order valence-electron chi connectivity index (χ0n) is 12.7. The highest BCUT2D eigenvalue weighted by atomic mass is 79.9. The van der Waals surface area contributed by atoms with Crippen LogP contribution in [0.15, 0.2) is 22.7 Å². The van der Waals surface area contributed by atoms with Gasteiger partial charge in [0.2, 0.25) is 11.8 Å². The van der Waals surface area contributed by atoms with E-state index in [-0.39, 0.29) is 24.3 Å². The first-order valence-corrected chi connectivity index (χ1v) is 8.26. The van der Waals surface area contributed by atoms with E-state index in [1.165, 1.54) is 0 Å². The van der Waals surface area contributed by atoms with Crippen molar-refractivity contribution in [3.63, 3.8) is 0 Å². The number of benzene rings is 1. The summed E-state index contributed by atoms with van der Waals surface area (Å²) in [6, 6.07) is 5.62. The first-order chi connectivity index (χ1) is 10.6. The predicted molar refractivity (Wildman–Crippen MR) is 87.5 cm³/mol. The Labute approximate surface area is 138 Å². The molecule has 0 aliphatic heterocycles. The fourth-order valence-electron chi connectivity index (χ4n) is 2.64. The van der Waals surface area contributed by atoms with Crippen LogP contribution in [0, 0.1) is 5.92 Å². The van der Waals surface area contributed by atoms with Crippen molar-refractivity contribution in [3.05, 3.63) is 28.2 Å². The van der Waals surface area contributed by atoms with E-state index in [0.29, 0.717) is 6.54 Å². The Balaban J connectivity index is 1.78. The van der Waals surface area contributed by atoms with Gasteiger partial charge in [-0.05, 0) is 31.0 Å². The van der Waals surface area contributed by atoms with Crippen molar-refractivity contribution in [2.75, 3.05) is 13.7 Å². The number of nitrogens with one attached hydrogen (secondary N) is 2. The molecule has 1 saturated carbocycles. The first kappa shape index (κ1) is 16.8. The van der Waals surface area contributed by atoms with Crippen molar-refractivity contribution in [1.82, 2.24) is 10.6 Å². The largest absolute Gasteiger partial charge is 0.496 e. The molecule has 0 aromatic heterocycles. The Morgan fingerprint density at radius 3 is 2.68 bits per heavy atom. The van der Waals surface area contributed by atoms with Gasteiger partial charge >= 0.3 is 0 Å². The van der Waals surface area contributed by atoms with E-state index in [1.807, 2.05) is 18.2 Å². The molecular weight excluding hydrogens is 348 g/mol. The fourth-order valence-corrected chi connectivity index (χ4v) is 3.05. The van der Waals surface area contributed by atoms with Gasteiger partial charge in [-0.1, -0.05) is 28.8 Å². The Hall–Kier alpha value is -1.56. The minimum Gasteiger partial charge on any atom is -0.496 e. The van der Waals surface area contributed by atoms with Gasteiger partial charge in [0.1, 0.15) is 5.75 Å². The molecule has 22 heavy (non-hydrogen) atoms. The summed E-state index contributed by atoms with van der Waals surface area (Å²) < 4.78 is 6.18.